The lowest BCUT2D eigenvalue weighted by Crippen LogP contribution is -2.50. The van der Waals surface area contributed by atoms with Crippen LogP contribution in [0, 0.1) is 0 Å². The molecule has 0 spiro atoms. The number of carbonyl (C=O) groups excluding carboxylic acids is 1. The van der Waals surface area contributed by atoms with Crippen LogP contribution in [0.4, 0.5) is 0 Å². The van der Waals surface area contributed by atoms with Crippen molar-refractivity contribution in [2.75, 3.05) is 46.1 Å². The molecule has 1 amide bonds. The van der Waals surface area contributed by atoms with Gasteiger partial charge < -0.3 is 24.6 Å². The Labute approximate surface area is 131 Å². The van der Waals surface area contributed by atoms with Crippen molar-refractivity contribution in [3.05, 3.63) is 23.8 Å². The third-order valence-electron chi connectivity index (χ3n) is 4.21. The minimum Gasteiger partial charge on any atom is -0.454 e. The van der Waals surface area contributed by atoms with Gasteiger partial charge in [-0.25, -0.2) is 0 Å². The molecule has 0 bridgehead atoms. The second kappa shape index (κ2) is 6.98. The largest absolute Gasteiger partial charge is 0.454 e. The first-order valence-corrected chi connectivity index (χ1v) is 7.85. The second-order valence-electron chi connectivity index (χ2n) is 5.61. The van der Waals surface area contributed by atoms with Crippen molar-refractivity contribution in [3.63, 3.8) is 0 Å². The zero-order valence-corrected chi connectivity index (χ0v) is 13.0. The summed E-state index contributed by atoms with van der Waals surface area (Å²) in [4.78, 5) is 16.5. The molecule has 6 nitrogen and oxygen atoms in total. The van der Waals surface area contributed by atoms with E-state index in [0.29, 0.717) is 13.1 Å². The van der Waals surface area contributed by atoms with Gasteiger partial charge >= 0.3 is 0 Å². The standard InChI is InChI=1S/C16H23N3O3/c1-2-18-5-7-19(8-6-18)16(20)11-17-10-13-3-4-14-15(9-13)22-12-21-14/h3-4,9,17H,2,5-8,10-12H2,1H3. The Morgan fingerprint density at radius 2 is 1.95 bits per heavy atom. The van der Waals surface area contributed by atoms with E-state index in [9.17, 15) is 4.79 Å². The number of rotatable bonds is 5. The Hall–Kier alpha value is -1.79. The first-order chi connectivity index (χ1) is 10.8. The van der Waals surface area contributed by atoms with E-state index in [1.807, 2.05) is 23.1 Å². The topological polar surface area (TPSA) is 54.0 Å². The van der Waals surface area contributed by atoms with Gasteiger partial charge in [-0.3, -0.25) is 4.79 Å². The molecule has 1 fully saturated rings. The molecule has 0 aliphatic carbocycles. The van der Waals surface area contributed by atoms with Crippen molar-refractivity contribution in [3.8, 4) is 11.5 Å². The third-order valence-corrected chi connectivity index (χ3v) is 4.21. The van der Waals surface area contributed by atoms with Crippen LogP contribution >= 0.6 is 0 Å². The maximum absolute atomic E-state index is 12.2. The average molecular weight is 305 g/mol. The number of amides is 1. The molecule has 120 valence electrons. The van der Waals surface area contributed by atoms with Crippen LogP contribution in [0.2, 0.25) is 0 Å². The van der Waals surface area contributed by atoms with Crippen LogP contribution in [0.25, 0.3) is 0 Å². The van der Waals surface area contributed by atoms with Crippen molar-refractivity contribution >= 4 is 5.91 Å². The van der Waals surface area contributed by atoms with Crippen LogP contribution < -0.4 is 14.8 Å². The molecule has 0 aromatic heterocycles. The number of fused-ring (bicyclic) bond motifs is 1. The highest BCUT2D eigenvalue weighted by Crippen LogP contribution is 2.32. The lowest BCUT2D eigenvalue weighted by molar-refractivity contribution is -0.131. The van der Waals surface area contributed by atoms with E-state index in [0.717, 1.165) is 49.8 Å². The number of hydrogen-bond donors (Lipinski definition) is 1. The van der Waals surface area contributed by atoms with Gasteiger partial charge in [0, 0.05) is 32.7 Å². The molecule has 3 rings (SSSR count). The summed E-state index contributed by atoms with van der Waals surface area (Å²) in [6.45, 7) is 8.15. The summed E-state index contributed by atoms with van der Waals surface area (Å²) in [7, 11) is 0. The minimum atomic E-state index is 0.177. The molecule has 0 radical (unpaired) electrons. The number of piperazine rings is 1. The van der Waals surface area contributed by atoms with Gasteiger partial charge in [-0.1, -0.05) is 13.0 Å². The Kier molecular flexibility index (Phi) is 4.80. The predicted molar refractivity (Wildman–Crippen MR) is 83.0 cm³/mol. The van der Waals surface area contributed by atoms with Gasteiger partial charge in [0.25, 0.3) is 0 Å². The molecule has 0 atom stereocenters. The number of nitrogens with one attached hydrogen (secondary N) is 1. The van der Waals surface area contributed by atoms with Crippen LogP contribution in [-0.4, -0.2) is 61.8 Å². The lowest BCUT2D eigenvalue weighted by Gasteiger charge is -2.34. The predicted octanol–water partition coefficient (Wildman–Crippen LogP) is 0.669. The molecule has 22 heavy (non-hydrogen) atoms. The molecule has 2 aliphatic rings. The van der Waals surface area contributed by atoms with Crippen LogP contribution in [0.1, 0.15) is 12.5 Å². The molecule has 1 saturated heterocycles. The quantitative estimate of drug-likeness (QED) is 0.866. The molecule has 0 unspecified atom stereocenters. The van der Waals surface area contributed by atoms with E-state index >= 15 is 0 Å². The highest BCUT2D eigenvalue weighted by Gasteiger charge is 2.19. The molecule has 0 saturated carbocycles. The summed E-state index contributed by atoms with van der Waals surface area (Å²) in [5, 5.41) is 3.21. The monoisotopic (exact) mass is 305 g/mol. The van der Waals surface area contributed by atoms with Crippen molar-refractivity contribution in [1.82, 2.24) is 15.1 Å². The normalized spacial score (nSPS) is 17.8. The van der Waals surface area contributed by atoms with E-state index in [1.54, 1.807) is 0 Å². The van der Waals surface area contributed by atoms with Gasteiger partial charge in [-0.15, -0.1) is 0 Å². The van der Waals surface area contributed by atoms with Gasteiger partial charge in [0.1, 0.15) is 0 Å². The van der Waals surface area contributed by atoms with Gasteiger partial charge in [0.05, 0.1) is 6.54 Å². The molecule has 1 aromatic carbocycles. The first-order valence-electron chi connectivity index (χ1n) is 7.85. The number of hydrogen-bond acceptors (Lipinski definition) is 5. The highest BCUT2D eigenvalue weighted by molar-refractivity contribution is 5.78. The molecule has 6 heteroatoms. The summed E-state index contributed by atoms with van der Waals surface area (Å²) in [5.41, 5.74) is 1.09. The first kappa shape index (κ1) is 15.1. The van der Waals surface area contributed by atoms with Gasteiger partial charge in [-0.05, 0) is 24.2 Å². The third kappa shape index (κ3) is 3.51. The van der Waals surface area contributed by atoms with E-state index in [-0.39, 0.29) is 12.7 Å². The molecule has 1 aromatic rings. The Balaban J connectivity index is 1.42. The van der Waals surface area contributed by atoms with E-state index < -0.39 is 0 Å². The fourth-order valence-corrected chi connectivity index (χ4v) is 2.79. The fourth-order valence-electron chi connectivity index (χ4n) is 2.79. The Morgan fingerprint density at radius 1 is 1.18 bits per heavy atom. The summed E-state index contributed by atoms with van der Waals surface area (Å²) < 4.78 is 10.6. The zero-order valence-electron chi connectivity index (χ0n) is 13.0. The lowest BCUT2D eigenvalue weighted by atomic mass is 10.2. The Morgan fingerprint density at radius 3 is 2.73 bits per heavy atom. The maximum Gasteiger partial charge on any atom is 0.236 e. The van der Waals surface area contributed by atoms with Crippen molar-refractivity contribution in [1.29, 1.82) is 0 Å². The SMILES string of the molecule is CCN1CCN(C(=O)CNCc2ccc3c(c2)OCO3)CC1. The number of carbonyl (C=O) groups is 1. The maximum atomic E-state index is 12.2. The van der Waals surface area contributed by atoms with Gasteiger partial charge in [-0.2, -0.15) is 0 Å². The van der Waals surface area contributed by atoms with Crippen LogP contribution in [0.5, 0.6) is 11.5 Å². The van der Waals surface area contributed by atoms with Crippen molar-refractivity contribution in [2.24, 2.45) is 0 Å². The van der Waals surface area contributed by atoms with E-state index in [1.165, 1.54) is 0 Å². The van der Waals surface area contributed by atoms with Crippen LogP contribution in [-0.2, 0) is 11.3 Å². The van der Waals surface area contributed by atoms with Gasteiger partial charge in [0.2, 0.25) is 12.7 Å². The number of nitrogens with zero attached hydrogens (tertiary/aromatic N) is 2. The molecule has 2 aliphatic heterocycles. The zero-order chi connectivity index (χ0) is 15.4. The van der Waals surface area contributed by atoms with Crippen LogP contribution in [0.15, 0.2) is 18.2 Å². The number of likely N-dealkylation sites (N-methyl/N-ethyl adjacent to an activating group) is 1. The van der Waals surface area contributed by atoms with Crippen molar-refractivity contribution < 1.29 is 14.3 Å². The summed E-state index contributed by atoms with van der Waals surface area (Å²) in [6.07, 6.45) is 0. The van der Waals surface area contributed by atoms with Crippen LogP contribution in [0.3, 0.4) is 0 Å². The van der Waals surface area contributed by atoms with E-state index in [4.69, 9.17) is 9.47 Å². The highest BCUT2D eigenvalue weighted by atomic mass is 16.7. The molecular weight excluding hydrogens is 282 g/mol. The summed E-state index contributed by atoms with van der Waals surface area (Å²) in [6, 6.07) is 5.86. The van der Waals surface area contributed by atoms with E-state index in [2.05, 4.69) is 17.1 Å². The fraction of sp³-hybridized carbons (Fsp3) is 0.562. The smallest absolute Gasteiger partial charge is 0.236 e. The minimum absolute atomic E-state index is 0.177. The molecule has 2 heterocycles. The number of ether oxygens (including phenoxy) is 2. The van der Waals surface area contributed by atoms with Crippen molar-refractivity contribution in [2.45, 2.75) is 13.5 Å². The summed E-state index contributed by atoms with van der Waals surface area (Å²) in [5.74, 6) is 1.74. The van der Waals surface area contributed by atoms with Gasteiger partial charge in [0.15, 0.2) is 11.5 Å². The molecular formula is C16H23N3O3. The Bertz CT molecular complexity index is 527. The number of benzene rings is 1. The molecule has 1 N–H and O–H groups in total. The second-order valence-corrected chi connectivity index (χ2v) is 5.61. The summed E-state index contributed by atoms with van der Waals surface area (Å²) >= 11 is 0. The average Bonchev–Trinajstić information content (AvgIpc) is 3.02.